The summed E-state index contributed by atoms with van der Waals surface area (Å²) in [6.45, 7) is 0. The molecule has 7 heteroatoms. The largest absolute Gasteiger partial charge is 0.368 e. The number of aryl methyl sites for hydroxylation is 1. The Labute approximate surface area is 98.6 Å². The second kappa shape index (κ2) is 4.17. The molecule has 0 amide bonds. The molecule has 2 rings (SSSR count). The number of aromatic nitrogens is 4. The first-order chi connectivity index (χ1) is 7.63. The van der Waals surface area contributed by atoms with E-state index in [1.807, 2.05) is 0 Å². The van der Waals surface area contributed by atoms with Crippen LogP contribution in [0, 0.1) is 5.82 Å². The Hall–Kier alpha value is -1.50. The predicted octanol–water partition coefficient (Wildman–Crippen LogP) is 1.000. The zero-order valence-corrected chi connectivity index (χ0v) is 9.98. The summed E-state index contributed by atoms with van der Waals surface area (Å²) in [5.74, 6) is -0.352. The number of nitrogens with zero attached hydrogens (tertiary/aromatic N) is 4. The van der Waals surface area contributed by atoms with Gasteiger partial charge in [0.1, 0.15) is 5.82 Å². The molecule has 2 aromatic rings. The fraction of sp³-hybridized carbons (Fsp3) is 0.222. The van der Waals surface area contributed by atoms with Crippen molar-refractivity contribution in [2.45, 2.75) is 5.33 Å². The van der Waals surface area contributed by atoms with Crippen molar-refractivity contribution in [3.63, 3.8) is 0 Å². The van der Waals surface area contributed by atoms with E-state index in [-0.39, 0.29) is 11.5 Å². The van der Waals surface area contributed by atoms with E-state index in [1.165, 1.54) is 25.2 Å². The summed E-state index contributed by atoms with van der Waals surface area (Å²) in [5, 5.41) is 7.73. The van der Waals surface area contributed by atoms with Crippen molar-refractivity contribution >= 4 is 15.9 Å². The van der Waals surface area contributed by atoms with Crippen LogP contribution >= 0.6 is 15.9 Å². The number of halogens is 2. The molecule has 0 atom stereocenters. The van der Waals surface area contributed by atoms with E-state index in [1.54, 1.807) is 0 Å². The maximum absolute atomic E-state index is 13.0. The van der Waals surface area contributed by atoms with E-state index in [4.69, 9.17) is 0 Å². The zero-order valence-electron chi connectivity index (χ0n) is 8.39. The van der Waals surface area contributed by atoms with Crippen molar-refractivity contribution < 1.29 is 4.39 Å². The molecule has 0 saturated carbocycles. The molecule has 16 heavy (non-hydrogen) atoms. The molecule has 0 aliphatic rings. The van der Waals surface area contributed by atoms with Gasteiger partial charge in [-0.2, -0.15) is 9.36 Å². The van der Waals surface area contributed by atoms with Crippen LogP contribution in [0.25, 0.3) is 5.69 Å². The van der Waals surface area contributed by atoms with Gasteiger partial charge in [0.15, 0.2) is 0 Å². The number of alkyl halides is 1. The lowest BCUT2D eigenvalue weighted by Gasteiger charge is -2.04. The Bertz CT molecular complexity index is 577. The van der Waals surface area contributed by atoms with Gasteiger partial charge < -0.3 is 0 Å². The highest BCUT2D eigenvalue weighted by Gasteiger charge is 2.10. The Morgan fingerprint density at radius 2 is 2.19 bits per heavy atom. The number of hydrogen-bond acceptors (Lipinski definition) is 3. The average molecular weight is 287 g/mol. The van der Waals surface area contributed by atoms with E-state index in [9.17, 15) is 9.18 Å². The van der Waals surface area contributed by atoms with Crippen LogP contribution in [0.1, 0.15) is 5.56 Å². The van der Waals surface area contributed by atoms with Crippen LogP contribution in [0.5, 0.6) is 0 Å². The summed E-state index contributed by atoms with van der Waals surface area (Å²) in [5.41, 5.74) is 0.799. The summed E-state index contributed by atoms with van der Waals surface area (Å²) in [6.07, 6.45) is 0. The normalized spacial score (nSPS) is 10.7. The summed E-state index contributed by atoms with van der Waals surface area (Å²) in [7, 11) is 1.50. The van der Waals surface area contributed by atoms with Crippen LogP contribution < -0.4 is 5.69 Å². The van der Waals surface area contributed by atoms with E-state index in [0.29, 0.717) is 16.6 Å². The lowest BCUT2D eigenvalue weighted by Crippen LogP contribution is -2.22. The van der Waals surface area contributed by atoms with Crippen molar-refractivity contribution in [2.75, 3.05) is 0 Å². The monoisotopic (exact) mass is 286 g/mol. The minimum absolute atomic E-state index is 0.352. The van der Waals surface area contributed by atoms with Gasteiger partial charge in [0.25, 0.3) is 0 Å². The van der Waals surface area contributed by atoms with Gasteiger partial charge >= 0.3 is 5.69 Å². The van der Waals surface area contributed by atoms with Crippen LogP contribution in [0.3, 0.4) is 0 Å². The summed E-state index contributed by atoms with van der Waals surface area (Å²) < 4.78 is 15.3. The smallest absolute Gasteiger partial charge is 0.244 e. The lowest BCUT2D eigenvalue weighted by atomic mass is 10.2. The molecule has 0 radical (unpaired) electrons. The third kappa shape index (κ3) is 1.78. The number of rotatable bonds is 2. The van der Waals surface area contributed by atoms with Crippen molar-refractivity contribution in [1.29, 1.82) is 0 Å². The Morgan fingerprint density at radius 3 is 2.75 bits per heavy atom. The number of tetrazole rings is 1. The van der Waals surface area contributed by atoms with E-state index in [2.05, 4.69) is 26.4 Å². The van der Waals surface area contributed by atoms with E-state index in [0.717, 1.165) is 9.36 Å². The third-order valence-electron chi connectivity index (χ3n) is 2.14. The molecule has 0 fully saturated rings. The predicted molar refractivity (Wildman–Crippen MR) is 59.2 cm³/mol. The maximum atomic E-state index is 13.0. The summed E-state index contributed by atoms with van der Waals surface area (Å²) >= 11 is 3.23. The molecule has 0 unspecified atom stereocenters. The fourth-order valence-corrected chi connectivity index (χ4v) is 1.78. The Kier molecular flexibility index (Phi) is 2.86. The molecule has 1 heterocycles. The topological polar surface area (TPSA) is 52.7 Å². The molecule has 0 spiro atoms. The molecular formula is C9H8BrFN4O. The minimum Gasteiger partial charge on any atom is -0.244 e. The van der Waals surface area contributed by atoms with Crippen molar-refractivity contribution in [1.82, 2.24) is 19.8 Å². The minimum atomic E-state index is -0.367. The molecule has 1 aromatic carbocycles. The van der Waals surface area contributed by atoms with E-state index >= 15 is 0 Å². The quantitative estimate of drug-likeness (QED) is 0.774. The highest BCUT2D eigenvalue weighted by atomic mass is 79.9. The molecule has 5 nitrogen and oxygen atoms in total. The van der Waals surface area contributed by atoms with Gasteiger partial charge in [-0.05, 0) is 34.2 Å². The van der Waals surface area contributed by atoms with E-state index < -0.39 is 0 Å². The third-order valence-corrected chi connectivity index (χ3v) is 2.74. The first-order valence-electron chi connectivity index (χ1n) is 4.47. The Morgan fingerprint density at radius 1 is 1.44 bits per heavy atom. The van der Waals surface area contributed by atoms with Crippen LogP contribution in [0.4, 0.5) is 4.39 Å². The maximum Gasteiger partial charge on any atom is 0.368 e. The van der Waals surface area contributed by atoms with Gasteiger partial charge in [-0.1, -0.05) is 15.9 Å². The first-order valence-corrected chi connectivity index (χ1v) is 5.59. The van der Waals surface area contributed by atoms with Gasteiger partial charge in [0.2, 0.25) is 0 Å². The molecule has 0 bridgehead atoms. The van der Waals surface area contributed by atoms with Crippen molar-refractivity contribution in [3.05, 3.63) is 40.1 Å². The molecule has 0 aliphatic heterocycles. The van der Waals surface area contributed by atoms with Crippen LogP contribution in [-0.2, 0) is 12.4 Å². The van der Waals surface area contributed by atoms with Crippen molar-refractivity contribution in [3.8, 4) is 5.69 Å². The van der Waals surface area contributed by atoms with Gasteiger partial charge in [0.05, 0.1) is 5.69 Å². The summed E-state index contributed by atoms with van der Waals surface area (Å²) in [4.78, 5) is 11.6. The standard InChI is InChI=1S/C9H8BrFN4O/c1-14-9(16)15(13-12-14)8-3-2-7(11)4-6(8)5-10/h2-4H,5H2,1H3. The zero-order chi connectivity index (χ0) is 11.7. The second-order valence-corrected chi connectivity index (χ2v) is 3.76. The van der Waals surface area contributed by atoms with Crippen LogP contribution in [-0.4, -0.2) is 19.8 Å². The van der Waals surface area contributed by atoms with Crippen LogP contribution in [0.2, 0.25) is 0 Å². The first kappa shape index (κ1) is 11.0. The average Bonchev–Trinajstić information content (AvgIpc) is 2.60. The molecule has 0 saturated heterocycles. The molecular weight excluding hydrogens is 279 g/mol. The van der Waals surface area contributed by atoms with Gasteiger partial charge in [-0.25, -0.2) is 9.18 Å². The van der Waals surface area contributed by atoms with Gasteiger partial charge in [-0.3, -0.25) is 0 Å². The lowest BCUT2D eigenvalue weighted by molar-refractivity contribution is 0.625. The van der Waals surface area contributed by atoms with Gasteiger partial charge in [0, 0.05) is 12.4 Å². The Balaban J connectivity index is 2.64. The highest BCUT2D eigenvalue weighted by molar-refractivity contribution is 9.08. The second-order valence-electron chi connectivity index (χ2n) is 3.20. The summed E-state index contributed by atoms with van der Waals surface area (Å²) in [6, 6.07) is 4.13. The molecule has 84 valence electrons. The van der Waals surface area contributed by atoms with Gasteiger partial charge in [-0.15, -0.1) is 0 Å². The molecule has 0 aliphatic carbocycles. The molecule has 1 aromatic heterocycles. The number of hydrogen-bond donors (Lipinski definition) is 0. The SMILES string of the molecule is Cn1nnn(-c2ccc(F)cc2CBr)c1=O. The van der Waals surface area contributed by atoms with Crippen LogP contribution in [0.15, 0.2) is 23.0 Å². The highest BCUT2D eigenvalue weighted by Crippen LogP contribution is 2.16. The number of benzene rings is 1. The van der Waals surface area contributed by atoms with Crippen molar-refractivity contribution in [2.24, 2.45) is 7.05 Å². The fourth-order valence-electron chi connectivity index (χ4n) is 1.33. The molecule has 0 N–H and O–H groups in total.